The fourth-order valence-electron chi connectivity index (χ4n) is 5.17. The highest BCUT2D eigenvalue weighted by molar-refractivity contribution is 7.80. The van der Waals surface area contributed by atoms with Gasteiger partial charge in [0, 0.05) is 41.9 Å². The van der Waals surface area contributed by atoms with Crippen molar-refractivity contribution in [2.75, 3.05) is 19.0 Å². The number of rotatable bonds is 8. The molecule has 2 aromatic heterocycles. The van der Waals surface area contributed by atoms with Crippen molar-refractivity contribution in [3.05, 3.63) is 108 Å². The second-order valence-electron chi connectivity index (χ2n) is 9.34. The van der Waals surface area contributed by atoms with Crippen LogP contribution in [0.15, 0.2) is 85.1 Å². The lowest BCUT2D eigenvalue weighted by atomic mass is 9.96. The molecule has 1 aliphatic rings. The van der Waals surface area contributed by atoms with Gasteiger partial charge >= 0.3 is 0 Å². The van der Waals surface area contributed by atoms with Crippen molar-refractivity contribution in [3.63, 3.8) is 0 Å². The number of thiocarbonyl (C=S) groups is 1. The monoisotopic (exact) mass is 525 g/mol. The average molecular weight is 526 g/mol. The molecule has 0 saturated carbocycles. The van der Waals surface area contributed by atoms with Crippen molar-refractivity contribution >= 4 is 28.9 Å². The van der Waals surface area contributed by atoms with Crippen molar-refractivity contribution in [1.29, 1.82) is 0 Å². The molecule has 38 heavy (non-hydrogen) atoms. The van der Waals surface area contributed by atoms with E-state index in [2.05, 4.69) is 57.1 Å². The predicted molar refractivity (Wildman–Crippen MR) is 154 cm³/mol. The summed E-state index contributed by atoms with van der Waals surface area (Å²) >= 11 is 5.81. The topological polar surface area (TPSA) is 71.4 Å². The number of para-hydroxylation sites is 1. The van der Waals surface area contributed by atoms with E-state index in [9.17, 15) is 4.79 Å². The summed E-state index contributed by atoms with van der Waals surface area (Å²) in [6, 6.07) is 25.4. The Labute approximate surface area is 228 Å². The number of pyridine rings is 1. The number of amides is 1. The summed E-state index contributed by atoms with van der Waals surface area (Å²) in [5.74, 6) is 0.764. The third-order valence-electron chi connectivity index (χ3n) is 6.95. The van der Waals surface area contributed by atoms with E-state index < -0.39 is 0 Å². The molecular weight excluding hydrogens is 494 g/mol. The summed E-state index contributed by atoms with van der Waals surface area (Å²) in [7, 11) is 1.67. The molecule has 1 fully saturated rings. The zero-order valence-corrected chi connectivity index (χ0v) is 22.5. The molecule has 1 amide bonds. The molecule has 0 radical (unpaired) electrons. The van der Waals surface area contributed by atoms with E-state index in [1.165, 1.54) is 0 Å². The Morgan fingerprint density at radius 3 is 2.47 bits per heavy atom. The van der Waals surface area contributed by atoms with Gasteiger partial charge in [0.25, 0.3) is 0 Å². The van der Waals surface area contributed by atoms with E-state index >= 15 is 0 Å². The second-order valence-corrected chi connectivity index (χ2v) is 9.73. The van der Waals surface area contributed by atoms with Crippen LogP contribution in [0.1, 0.15) is 41.1 Å². The van der Waals surface area contributed by atoms with Crippen LogP contribution in [0.4, 0.5) is 5.69 Å². The smallest absolute Gasteiger partial charge is 0.226 e. The van der Waals surface area contributed by atoms with Gasteiger partial charge in [0.1, 0.15) is 5.75 Å². The van der Waals surface area contributed by atoms with Crippen LogP contribution in [-0.2, 0) is 4.79 Å². The van der Waals surface area contributed by atoms with Gasteiger partial charge in [-0.2, -0.15) is 0 Å². The Morgan fingerprint density at radius 1 is 1.05 bits per heavy atom. The summed E-state index contributed by atoms with van der Waals surface area (Å²) in [5.41, 5.74) is 6.12. The van der Waals surface area contributed by atoms with Gasteiger partial charge in [0.15, 0.2) is 5.11 Å². The van der Waals surface area contributed by atoms with Gasteiger partial charge in [-0.1, -0.05) is 24.3 Å². The molecule has 2 aromatic carbocycles. The zero-order valence-electron chi connectivity index (χ0n) is 21.7. The van der Waals surface area contributed by atoms with Crippen molar-refractivity contribution in [2.24, 2.45) is 0 Å². The van der Waals surface area contributed by atoms with Crippen molar-refractivity contribution in [2.45, 2.75) is 32.4 Å². The SMILES string of the molecule is COc1ccc(-n2c(C)cc([C@@H]3[C@@H](c4ccccn4)NC(=S)N3CCC(=O)Nc3ccccc3)c2C)cc1. The van der Waals surface area contributed by atoms with Crippen LogP contribution in [0, 0.1) is 13.8 Å². The standard InChI is InChI=1S/C30H31N5O2S/c1-20-19-25(21(2)35(20)23-12-14-24(37-3)15-13-23)29-28(26-11-7-8-17-31-26)33-30(38)34(29)18-16-27(36)32-22-9-5-4-6-10-22/h4-15,17,19,28-29H,16,18H2,1-3H3,(H,32,36)(H,33,38)/t28-,29-/m1/s1. The number of anilines is 1. The van der Waals surface area contributed by atoms with E-state index in [0.717, 1.165) is 39.8 Å². The lowest BCUT2D eigenvalue weighted by molar-refractivity contribution is -0.116. The minimum absolute atomic E-state index is 0.0530. The van der Waals surface area contributed by atoms with Gasteiger partial charge in [-0.05, 0) is 86.2 Å². The van der Waals surface area contributed by atoms with Gasteiger partial charge in [-0.3, -0.25) is 9.78 Å². The van der Waals surface area contributed by atoms with Crippen molar-refractivity contribution in [3.8, 4) is 11.4 Å². The Morgan fingerprint density at radius 2 is 1.79 bits per heavy atom. The summed E-state index contributed by atoms with van der Waals surface area (Å²) in [5, 5.41) is 7.09. The van der Waals surface area contributed by atoms with E-state index in [0.29, 0.717) is 18.1 Å². The number of nitrogens with one attached hydrogen (secondary N) is 2. The number of ether oxygens (including phenoxy) is 1. The summed E-state index contributed by atoms with van der Waals surface area (Å²) < 4.78 is 7.59. The molecule has 4 aromatic rings. The predicted octanol–water partition coefficient (Wildman–Crippen LogP) is 5.50. The molecule has 1 aliphatic heterocycles. The second kappa shape index (κ2) is 11.1. The number of hydrogen-bond donors (Lipinski definition) is 2. The summed E-state index contributed by atoms with van der Waals surface area (Å²) in [6.45, 7) is 4.71. The molecule has 2 atom stereocenters. The minimum atomic E-state index is -0.147. The van der Waals surface area contributed by atoms with Crippen molar-refractivity contribution < 1.29 is 9.53 Å². The number of carbonyl (C=O) groups excluding carboxylic acids is 1. The first-order valence-corrected chi connectivity index (χ1v) is 13.0. The van der Waals surface area contributed by atoms with Gasteiger partial charge in [0.2, 0.25) is 5.91 Å². The molecule has 7 nitrogen and oxygen atoms in total. The van der Waals surface area contributed by atoms with Crippen LogP contribution in [0.5, 0.6) is 5.75 Å². The van der Waals surface area contributed by atoms with E-state index in [-0.39, 0.29) is 18.0 Å². The summed E-state index contributed by atoms with van der Waals surface area (Å²) in [4.78, 5) is 19.6. The van der Waals surface area contributed by atoms with Gasteiger partial charge in [0.05, 0.1) is 24.9 Å². The number of nitrogens with zero attached hydrogens (tertiary/aromatic N) is 3. The largest absolute Gasteiger partial charge is 0.497 e. The lowest BCUT2D eigenvalue weighted by Crippen LogP contribution is -2.32. The Hall–Kier alpha value is -4.17. The van der Waals surface area contributed by atoms with Crippen LogP contribution >= 0.6 is 12.2 Å². The maximum atomic E-state index is 12.8. The normalized spacial score (nSPS) is 16.8. The van der Waals surface area contributed by atoms with E-state index in [1.807, 2.05) is 60.7 Å². The Balaban J connectivity index is 1.47. The number of hydrogen-bond acceptors (Lipinski definition) is 4. The first-order chi connectivity index (χ1) is 18.5. The fraction of sp³-hybridized carbons (Fsp3) is 0.233. The molecule has 3 heterocycles. The molecule has 1 saturated heterocycles. The first kappa shape index (κ1) is 25.5. The molecule has 2 N–H and O–H groups in total. The number of aryl methyl sites for hydroxylation is 1. The van der Waals surface area contributed by atoms with Crippen LogP contribution in [0.25, 0.3) is 5.69 Å². The molecule has 194 valence electrons. The first-order valence-electron chi connectivity index (χ1n) is 12.6. The third kappa shape index (κ3) is 5.13. The number of aromatic nitrogens is 2. The Bertz CT molecular complexity index is 1420. The molecule has 0 unspecified atom stereocenters. The summed E-state index contributed by atoms with van der Waals surface area (Å²) in [6.07, 6.45) is 2.10. The Kier molecular flexibility index (Phi) is 7.42. The molecular formula is C30H31N5O2S. The maximum absolute atomic E-state index is 12.8. The minimum Gasteiger partial charge on any atom is -0.497 e. The van der Waals surface area contributed by atoms with Gasteiger partial charge in [-0.15, -0.1) is 0 Å². The molecule has 0 spiro atoms. The number of carbonyl (C=O) groups is 1. The highest BCUT2D eigenvalue weighted by Crippen LogP contribution is 2.41. The van der Waals surface area contributed by atoms with Crippen LogP contribution in [0.2, 0.25) is 0 Å². The molecule has 8 heteroatoms. The maximum Gasteiger partial charge on any atom is 0.226 e. The van der Waals surface area contributed by atoms with Crippen molar-refractivity contribution in [1.82, 2.24) is 19.8 Å². The zero-order chi connectivity index (χ0) is 26.6. The van der Waals surface area contributed by atoms with E-state index in [1.54, 1.807) is 13.3 Å². The lowest BCUT2D eigenvalue weighted by Gasteiger charge is -2.28. The molecule has 0 bridgehead atoms. The quantitative estimate of drug-likeness (QED) is 0.296. The highest BCUT2D eigenvalue weighted by atomic mass is 32.1. The van der Waals surface area contributed by atoms with E-state index in [4.69, 9.17) is 17.0 Å². The number of methoxy groups -OCH3 is 1. The van der Waals surface area contributed by atoms with Gasteiger partial charge in [-0.25, -0.2) is 0 Å². The average Bonchev–Trinajstić information content (AvgIpc) is 3.42. The molecule has 0 aliphatic carbocycles. The van der Waals surface area contributed by atoms with Crippen LogP contribution < -0.4 is 15.4 Å². The highest BCUT2D eigenvalue weighted by Gasteiger charge is 2.41. The van der Waals surface area contributed by atoms with Crippen LogP contribution in [-0.4, -0.2) is 39.1 Å². The number of benzene rings is 2. The third-order valence-corrected chi connectivity index (χ3v) is 7.31. The molecule has 5 rings (SSSR count). The van der Waals surface area contributed by atoms with Gasteiger partial charge < -0.3 is 24.8 Å². The van der Waals surface area contributed by atoms with Crippen LogP contribution in [0.3, 0.4) is 0 Å². The fourth-order valence-corrected chi connectivity index (χ4v) is 5.50.